The minimum absolute atomic E-state index is 0.134. The average molecular weight is 486 g/mol. The van der Waals surface area contributed by atoms with Gasteiger partial charge < -0.3 is 20.1 Å². The normalized spacial score (nSPS) is 13.1. The van der Waals surface area contributed by atoms with Crippen molar-refractivity contribution in [3.8, 4) is 11.5 Å². The number of hydrogen-bond acceptors (Lipinski definition) is 6. The van der Waals surface area contributed by atoms with E-state index in [9.17, 15) is 9.59 Å². The van der Waals surface area contributed by atoms with Gasteiger partial charge in [0.2, 0.25) is 12.7 Å². The molecule has 1 atom stereocenters. The lowest BCUT2D eigenvalue weighted by Crippen LogP contribution is -2.47. The Labute approximate surface area is 201 Å². The zero-order valence-electron chi connectivity index (χ0n) is 18.5. The third-order valence-corrected chi connectivity index (χ3v) is 6.68. The predicted molar refractivity (Wildman–Crippen MR) is 128 cm³/mol. The fourth-order valence-corrected chi connectivity index (χ4v) is 4.69. The first-order valence-corrected chi connectivity index (χ1v) is 11.7. The van der Waals surface area contributed by atoms with E-state index in [1.54, 1.807) is 24.3 Å². The lowest BCUT2D eigenvalue weighted by molar-refractivity contribution is -0.118. The minimum Gasteiger partial charge on any atom is -0.454 e. The Morgan fingerprint density at radius 3 is 2.67 bits per heavy atom. The molecule has 2 aromatic carbocycles. The predicted octanol–water partition coefficient (Wildman–Crippen LogP) is 4.82. The van der Waals surface area contributed by atoms with Crippen LogP contribution in [0.15, 0.2) is 42.5 Å². The summed E-state index contributed by atoms with van der Waals surface area (Å²) in [4.78, 5) is 31.2. The van der Waals surface area contributed by atoms with Gasteiger partial charge in [-0.1, -0.05) is 43.6 Å². The quantitative estimate of drug-likeness (QED) is 0.501. The van der Waals surface area contributed by atoms with Crippen LogP contribution < -0.4 is 20.1 Å². The maximum absolute atomic E-state index is 13.0. The molecule has 1 aliphatic heterocycles. The molecule has 172 valence electrons. The first-order chi connectivity index (χ1) is 15.8. The molecular weight excluding hydrogens is 462 g/mol. The second-order valence-electron chi connectivity index (χ2n) is 8.06. The monoisotopic (exact) mass is 485 g/mol. The van der Waals surface area contributed by atoms with Crippen molar-refractivity contribution in [3.63, 3.8) is 0 Å². The molecule has 0 radical (unpaired) electrons. The molecule has 0 saturated carbocycles. The Morgan fingerprint density at radius 1 is 1.15 bits per heavy atom. The molecule has 33 heavy (non-hydrogen) atoms. The Balaban J connectivity index is 1.44. The van der Waals surface area contributed by atoms with Gasteiger partial charge in [0.25, 0.3) is 5.91 Å². The lowest BCUT2D eigenvalue weighted by atomic mass is 10.0. The summed E-state index contributed by atoms with van der Waals surface area (Å²) in [5.74, 6) is 0.621. The fraction of sp³-hybridized carbons (Fsp3) is 0.292. The molecule has 2 amide bonds. The third kappa shape index (κ3) is 5.29. The molecule has 1 aliphatic rings. The van der Waals surface area contributed by atoms with E-state index in [2.05, 4.69) is 15.6 Å². The standard InChI is InChI=1S/C24H24ClN3O4S/c1-13(2)21(27-22(29)16-6-4-5-7-17(16)25)23(30)28-24-26-14(3)20(33-24)11-15-8-9-18-19(10-15)32-12-31-18/h4-10,13,21H,11-12H2,1-3H3,(H,27,29)(H,26,28,30). The summed E-state index contributed by atoms with van der Waals surface area (Å²) < 4.78 is 10.8. The summed E-state index contributed by atoms with van der Waals surface area (Å²) >= 11 is 7.54. The van der Waals surface area contributed by atoms with E-state index in [1.165, 1.54) is 11.3 Å². The number of ether oxygens (including phenoxy) is 2. The molecule has 0 spiro atoms. The van der Waals surface area contributed by atoms with E-state index in [4.69, 9.17) is 21.1 Å². The van der Waals surface area contributed by atoms with Crippen molar-refractivity contribution in [2.24, 2.45) is 5.92 Å². The number of benzene rings is 2. The van der Waals surface area contributed by atoms with E-state index in [0.717, 1.165) is 27.6 Å². The van der Waals surface area contributed by atoms with Gasteiger partial charge in [-0.05, 0) is 42.7 Å². The van der Waals surface area contributed by atoms with E-state index in [-0.39, 0.29) is 18.6 Å². The number of fused-ring (bicyclic) bond motifs is 1. The topological polar surface area (TPSA) is 89.6 Å². The summed E-state index contributed by atoms with van der Waals surface area (Å²) in [7, 11) is 0. The van der Waals surface area contributed by atoms with Gasteiger partial charge in [-0.2, -0.15) is 0 Å². The fourth-order valence-electron chi connectivity index (χ4n) is 3.46. The first-order valence-electron chi connectivity index (χ1n) is 10.5. The van der Waals surface area contributed by atoms with Crippen molar-refractivity contribution in [2.45, 2.75) is 33.2 Å². The van der Waals surface area contributed by atoms with Gasteiger partial charge in [-0.3, -0.25) is 9.59 Å². The molecule has 3 aromatic rings. The van der Waals surface area contributed by atoms with Gasteiger partial charge in [0.15, 0.2) is 16.6 Å². The highest BCUT2D eigenvalue weighted by Gasteiger charge is 2.26. The first kappa shape index (κ1) is 23.1. The maximum Gasteiger partial charge on any atom is 0.253 e. The van der Waals surface area contributed by atoms with Crippen LogP contribution in [0.4, 0.5) is 5.13 Å². The van der Waals surface area contributed by atoms with E-state index >= 15 is 0 Å². The molecule has 1 aromatic heterocycles. The van der Waals surface area contributed by atoms with E-state index in [1.807, 2.05) is 39.0 Å². The molecule has 4 rings (SSSR count). The Hall–Kier alpha value is -3.10. The van der Waals surface area contributed by atoms with Crippen LogP contribution >= 0.6 is 22.9 Å². The summed E-state index contributed by atoms with van der Waals surface area (Å²) in [5, 5.41) is 6.48. The van der Waals surface area contributed by atoms with Gasteiger partial charge in [-0.25, -0.2) is 4.98 Å². The molecule has 2 N–H and O–H groups in total. The highest BCUT2D eigenvalue weighted by molar-refractivity contribution is 7.15. The number of amides is 2. The molecule has 0 bridgehead atoms. The Morgan fingerprint density at radius 2 is 1.91 bits per heavy atom. The van der Waals surface area contributed by atoms with Gasteiger partial charge >= 0.3 is 0 Å². The number of anilines is 1. The minimum atomic E-state index is -0.740. The van der Waals surface area contributed by atoms with Crippen LogP contribution in [0.2, 0.25) is 5.02 Å². The number of carbonyl (C=O) groups is 2. The molecule has 0 aliphatic carbocycles. The van der Waals surface area contributed by atoms with Crippen molar-refractivity contribution < 1.29 is 19.1 Å². The summed E-state index contributed by atoms with van der Waals surface area (Å²) in [6.07, 6.45) is 0.660. The van der Waals surface area contributed by atoms with Crippen molar-refractivity contribution in [1.29, 1.82) is 0 Å². The van der Waals surface area contributed by atoms with Gasteiger partial charge in [-0.15, -0.1) is 11.3 Å². The molecule has 0 saturated heterocycles. The van der Waals surface area contributed by atoms with Crippen molar-refractivity contribution in [2.75, 3.05) is 12.1 Å². The van der Waals surface area contributed by atoms with Crippen LogP contribution in [0.1, 0.15) is 40.3 Å². The Kier molecular flexibility index (Phi) is 6.85. The molecule has 0 fully saturated rings. The molecule has 7 nitrogen and oxygen atoms in total. The van der Waals surface area contributed by atoms with Crippen LogP contribution in [-0.4, -0.2) is 29.6 Å². The number of halogens is 1. The van der Waals surface area contributed by atoms with Crippen LogP contribution in [0.5, 0.6) is 11.5 Å². The second-order valence-corrected chi connectivity index (χ2v) is 9.55. The van der Waals surface area contributed by atoms with Crippen LogP contribution in [0, 0.1) is 12.8 Å². The van der Waals surface area contributed by atoms with Gasteiger partial charge in [0.05, 0.1) is 16.3 Å². The highest BCUT2D eigenvalue weighted by atomic mass is 35.5. The molecular formula is C24H24ClN3O4S. The zero-order valence-corrected chi connectivity index (χ0v) is 20.0. The number of carbonyl (C=O) groups excluding carboxylic acids is 2. The van der Waals surface area contributed by atoms with Crippen LogP contribution in [0.3, 0.4) is 0 Å². The number of nitrogens with one attached hydrogen (secondary N) is 2. The van der Waals surface area contributed by atoms with Crippen LogP contribution in [-0.2, 0) is 11.2 Å². The van der Waals surface area contributed by atoms with Gasteiger partial charge in [0, 0.05) is 11.3 Å². The van der Waals surface area contributed by atoms with Gasteiger partial charge in [0.1, 0.15) is 6.04 Å². The molecule has 1 unspecified atom stereocenters. The SMILES string of the molecule is Cc1nc(NC(=O)C(NC(=O)c2ccccc2Cl)C(C)C)sc1Cc1ccc2c(c1)OCO2. The number of nitrogens with zero attached hydrogens (tertiary/aromatic N) is 1. The summed E-state index contributed by atoms with van der Waals surface area (Å²) in [5.41, 5.74) is 2.24. The van der Waals surface area contributed by atoms with E-state index < -0.39 is 11.9 Å². The second kappa shape index (κ2) is 9.80. The lowest BCUT2D eigenvalue weighted by Gasteiger charge is -2.21. The number of aromatic nitrogens is 1. The van der Waals surface area contributed by atoms with Crippen molar-refractivity contribution in [3.05, 3.63) is 69.2 Å². The number of aryl methyl sites for hydroxylation is 1. The molecule has 9 heteroatoms. The smallest absolute Gasteiger partial charge is 0.253 e. The number of hydrogen-bond donors (Lipinski definition) is 2. The molecule has 2 heterocycles. The number of thiazole rings is 1. The van der Waals surface area contributed by atoms with E-state index in [0.29, 0.717) is 22.1 Å². The number of rotatable bonds is 7. The van der Waals surface area contributed by atoms with Crippen LogP contribution in [0.25, 0.3) is 0 Å². The largest absolute Gasteiger partial charge is 0.454 e. The summed E-state index contributed by atoms with van der Waals surface area (Å²) in [6, 6.07) is 11.8. The maximum atomic E-state index is 13.0. The zero-order chi connectivity index (χ0) is 23.5. The Bertz CT molecular complexity index is 1190. The summed E-state index contributed by atoms with van der Waals surface area (Å²) in [6.45, 7) is 5.89. The third-order valence-electron chi connectivity index (χ3n) is 5.28. The van der Waals surface area contributed by atoms with Crippen molar-refractivity contribution >= 4 is 39.9 Å². The van der Waals surface area contributed by atoms with Crippen molar-refractivity contribution in [1.82, 2.24) is 10.3 Å². The highest BCUT2D eigenvalue weighted by Crippen LogP contribution is 2.34. The average Bonchev–Trinajstić information content (AvgIpc) is 3.37.